The van der Waals surface area contributed by atoms with Gasteiger partial charge in [0.05, 0.1) is 12.6 Å². The van der Waals surface area contributed by atoms with Crippen LogP contribution in [0.1, 0.15) is 63.6 Å². The van der Waals surface area contributed by atoms with E-state index in [0.29, 0.717) is 18.3 Å². The van der Waals surface area contributed by atoms with Crippen LogP contribution in [0.2, 0.25) is 0 Å². The van der Waals surface area contributed by atoms with Crippen molar-refractivity contribution in [3.8, 4) is 11.4 Å². The van der Waals surface area contributed by atoms with Crippen LogP contribution < -0.4 is 5.32 Å². The molecule has 0 spiro atoms. The normalized spacial score (nSPS) is 16.5. The standard InChI is InChI=1S/C27H34N4O2/c1-19(20-10-12-23(13-11-20)27(2,3)4)28-26(32)22-14-16-31(17-15-22)18-24-29-25(30-33-24)21-8-6-5-7-9-21/h5-13,19,22H,14-18H2,1-4H3,(H,28,32). The molecule has 0 aliphatic carbocycles. The summed E-state index contributed by atoms with van der Waals surface area (Å²) in [6.07, 6.45) is 1.67. The molecule has 2 aromatic carbocycles. The quantitative estimate of drug-likeness (QED) is 0.569. The SMILES string of the molecule is CC(NC(=O)C1CCN(Cc2nc(-c3ccccc3)no2)CC1)c1ccc(C(C)(C)C)cc1. The van der Waals surface area contributed by atoms with Crippen LogP contribution in [0, 0.1) is 5.92 Å². The Kier molecular flexibility index (Phi) is 6.94. The molecular formula is C27H34N4O2. The third-order valence-electron chi connectivity index (χ3n) is 6.45. The average Bonchev–Trinajstić information content (AvgIpc) is 3.28. The van der Waals surface area contributed by atoms with Crippen molar-refractivity contribution in [3.05, 3.63) is 71.6 Å². The Morgan fingerprint density at radius 1 is 1.09 bits per heavy atom. The highest BCUT2D eigenvalue weighted by molar-refractivity contribution is 5.79. The zero-order valence-electron chi connectivity index (χ0n) is 20.0. The lowest BCUT2D eigenvalue weighted by Gasteiger charge is -2.31. The lowest BCUT2D eigenvalue weighted by Crippen LogP contribution is -2.41. The summed E-state index contributed by atoms with van der Waals surface area (Å²) >= 11 is 0. The Bertz CT molecular complexity index is 1050. The molecule has 1 atom stereocenters. The van der Waals surface area contributed by atoms with E-state index in [1.165, 1.54) is 5.56 Å². The fourth-order valence-corrected chi connectivity index (χ4v) is 4.25. The molecule has 0 saturated carbocycles. The maximum atomic E-state index is 12.9. The first-order chi connectivity index (χ1) is 15.8. The van der Waals surface area contributed by atoms with Gasteiger partial charge in [-0.3, -0.25) is 9.69 Å². The van der Waals surface area contributed by atoms with E-state index in [1.807, 2.05) is 30.3 Å². The van der Waals surface area contributed by atoms with Crippen molar-refractivity contribution in [2.24, 2.45) is 5.92 Å². The van der Waals surface area contributed by atoms with Crippen LogP contribution in [0.25, 0.3) is 11.4 Å². The summed E-state index contributed by atoms with van der Waals surface area (Å²) < 4.78 is 5.44. The molecule has 4 rings (SSSR count). The van der Waals surface area contributed by atoms with E-state index in [1.54, 1.807) is 0 Å². The minimum Gasteiger partial charge on any atom is -0.349 e. The van der Waals surface area contributed by atoms with E-state index in [-0.39, 0.29) is 23.3 Å². The number of amides is 1. The first kappa shape index (κ1) is 23.2. The average molecular weight is 447 g/mol. The number of nitrogens with one attached hydrogen (secondary N) is 1. The lowest BCUT2D eigenvalue weighted by molar-refractivity contribution is -0.127. The van der Waals surface area contributed by atoms with Crippen molar-refractivity contribution in [2.45, 2.75) is 58.5 Å². The molecule has 0 bridgehead atoms. The predicted molar refractivity (Wildman–Crippen MR) is 129 cm³/mol. The van der Waals surface area contributed by atoms with Crippen LogP contribution in [-0.2, 0) is 16.8 Å². The minimum absolute atomic E-state index is 0.000603. The number of carbonyl (C=O) groups excluding carboxylic acids is 1. The first-order valence-corrected chi connectivity index (χ1v) is 11.8. The maximum absolute atomic E-state index is 12.9. The van der Waals surface area contributed by atoms with E-state index in [4.69, 9.17) is 4.52 Å². The highest BCUT2D eigenvalue weighted by Crippen LogP contribution is 2.25. The summed E-state index contributed by atoms with van der Waals surface area (Å²) in [5, 5.41) is 7.31. The van der Waals surface area contributed by atoms with Crippen LogP contribution in [-0.4, -0.2) is 34.0 Å². The number of rotatable bonds is 6. The summed E-state index contributed by atoms with van der Waals surface area (Å²) in [7, 11) is 0. The number of likely N-dealkylation sites (tertiary alicyclic amines) is 1. The zero-order valence-corrected chi connectivity index (χ0v) is 20.0. The van der Waals surface area contributed by atoms with Gasteiger partial charge < -0.3 is 9.84 Å². The second-order valence-electron chi connectivity index (χ2n) is 10.0. The molecule has 1 aliphatic heterocycles. The molecule has 1 fully saturated rings. The van der Waals surface area contributed by atoms with Gasteiger partial charge in [-0.15, -0.1) is 0 Å². The minimum atomic E-state index is -0.000603. The molecule has 174 valence electrons. The molecule has 1 N–H and O–H groups in total. The van der Waals surface area contributed by atoms with Gasteiger partial charge >= 0.3 is 0 Å². The Hall–Kier alpha value is -2.99. The molecule has 6 heteroatoms. The highest BCUT2D eigenvalue weighted by atomic mass is 16.5. The van der Waals surface area contributed by atoms with Crippen LogP contribution in [0.4, 0.5) is 0 Å². The van der Waals surface area contributed by atoms with Crippen LogP contribution in [0.15, 0.2) is 59.1 Å². The number of nitrogens with zero attached hydrogens (tertiary/aromatic N) is 3. The van der Waals surface area contributed by atoms with Crippen molar-refractivity contribution in [1.82, 2.24) is 20.4 Å². The molecule has 6 nitrogen and oxygen atoms in total. The van der Waals surface area contributed by atoms with E-state index in [0.717, 1.165) is 37.1 Å². The van der Waals surface area contributed by atoms with E-state index in [9.17, 15) is 4.79 Å². The summed E-state index contributed by atoms with van der Waals surface area (Å²) in [6, 6.07) is 18.4. The molecule has 1 amide bonds. The molecule has 3 aromatic rings. The summed E-state index contributed by atoms with van der Waals surface area (Å²) in [6.45, 7) is 11.0. The number of benzene rings is 2. The third-order valence-corrected chi connectivity index (χ3v) is 6.45. The van der Waals surface area contributed by atoms with E-state index >= 15 is 0 Å². The van der Waals surface area contributed by atoms with Crippen molar-refractivity contribution in [2.75, 3.05) is 13.1 Å². The Labute approximate surface area is 196 Å². The van der Waals surface area contributed by atoms with Crippen molar-refractivity contribution in [1.29, 1.82) is 0 Å². The van der Waals surface area contributed by atoms with Gasteiger partial charge in [-0.1, -0.05) is 80.5 Å². The Balaban J connectivity index is 1.25. The molecule has 33 heavy (non-hydrogen) atoms. The smallest absolute Gasteiger partial charge is 0.241 e. The first-order valence-electron chi connectivity index (χ1n) is 11.8. The Morgan fingerprint density at radius 3 is 2.39 bits per heavy atom. The van der Waals surface area contributed by atoms with Gasteiger partial charge in [0.2, 0.25) is 17.6 Å². The number of piperidine rings is 1. The second-order valence-corrected chi connectivity index (χ2v) is 10.0. The van der Waals surface area contributed by atoms with Gasteiger partial charge in [-0.2, -0.15) is 4.98 Å². The van der Waals surface area contributed by atoms with Crippen LogP contribution in [0.3, 0.4) is 0 Å². The molecule has 2 heterocycles. The maximum Gasteiger partial charge on any atom is 0.241 e. The molecular weight excluding hydrogens is 412 g/mol. The number of hydrogen-bond acceptors (Lipinski definition) is 5. The predicted octanol–water partition coefficient (Wildman–Crippen LogP) is 5.12. The largest absolute Gasteiger partial charge is 0.349 e. The third kappa shape index (κ3) is 5.88. The van der Waals surface area contributed by atoms with Gasteiger partial charge in [0.25, 0.3) is 0 Å². The van der Waals surface area contributed by atoms with Gasteiger partial charge in [-0.25, -0.2) is 0 Å². The molecule has 1 aliphatic rings. The molecule has 1 unspecified atom stereocenters. The van der Waals surface area contributed by atoms with Crippen LogP contribution in [0.5, 0.6) is 0 Å². The fourth-order valence-electron chi connectivity index (χ4n) is 4.25. The van der Waals surface area contributed by atoms with Gasteiger partial charge in [0.1, 0.15) is 0 Å². The topological polar surface area (TPSA) is 71.3 Å². The number of aromatic nitrogens is 2. The summed E-state index contributed by atoms with van der Waals surface area (Å²) in [5.74, 6) is 1.42. The lowest BCUT2D eigenvalue weighted by atomic mass is 9.86. The summed E-state index contributed by atoms with van der Waals surface area (Å²) in [5.41, 5.74) is 3.52. The monoisotopic (exact) mass is 446 g/mol. The van der Waals surface area contributed by atoms with Gasteiger partial charge in [-0.05, 0) is 49.4 Å². The van der Waals surface area contributed by atoms with Crippen molar-refractivity contribution in [3.63, 3.8) is 0 Å². The van der Waals surface area contributed by atoms with Gasteiger partial charge in [0.15, 0.2) is 0 Å². The highest BCUT2D eigenvalue weighted by Gasteiger charge is 2.27. The van der Waals surface area contributed by atoms with Crippen molar-refractivity contribution >= 4 is 5.91 Å². The van der Waals surface area contributed by atoms with Crippen molar-refractivity contribution < 1.29 is 9.32 Å². The van der Waals surface area contributed by atoms with E-state index < -0.39 is 0 Å². The van der Waals surface area contributed by atoms with E-state index in [2.05, 4.69) is 72.3 Å². The molecule has 0 radical (unpaired) electrons. The number of hydrogen-bond donors (Lipinski definition) is 1. The number of carbonyl (C=O) groups is 1. The fraction of sp³-hybridized carbons (Fsp3) is 0.444. The molecule has 1 saturated heterocycles. The zero-order chi connectivity index (χ0) is 23.4. The van der Waals surface area contributed by atoms with Crippen LogP contribution >= 0.6 is 0 Å². The Morgan fingerprint density at radius 2 is 1.76 bits per heavy atom. The van der Waals surface area contributed by atoms with Gasteiger partial charge in [0, 0.05) is 11.5 Å². The second kappa shape index (κ2) is 9.87. The summed E-state index contributed by atoms with van der Waals surface area (Å²) in [4.78, 5) is 19.7. The molecule has 1 aromatic heterocycles.